The number of primary amides is 1. The fourth-order valence-corrected chi connectivity index (χ4v) is 2.07. The van der Waals surface area contributed by atoms with Gasteiger partial charge >= 0.3 is 0 Å². The summed E-state index contributed by atoms with van der Waals surface area (Å²) in [5, 5.41) is 0. The molecule has 2 aromatic carbocycles. The van der Waals surface area contributed by atoms with Crippen molar-refractivity contribution in [1.29, 1.82) is 0 Å². The van der Waals surface area contributed by atoms with Crippen molar-refractivity contribution in [1.82, 2.24) is 0 Å². The molecule has 0 spiro atoms. The van der Waals surface area contributed by atoms with Gasteiger partial charge in [-0.3, -0.25) is 4.79 Å². The molecule has 0 aliphatic rings. The number of nitrogen functional groups attached to an aromatic ring is 1. The Bertz CT molecular complexity index is 595. The molecule has 0 saturated carbocycles. The Balaban J connectivity index is 2.27. The van der Waals surface area contributed by atoms with E-state index in [1.54, 1.807) is 12.1 Å². The molecule has 0 bridgehead atoms. The highest BCUT2D eigenvalue weighted by molar-refractivity contribution is 5.94. The third-order valence-electron chi connectivity index (χ3n) is 3.04. The zero-order valence-corrected chi connectivity index (χ0v) is 10.8. The predicted octanol–water partition coefficient (Wildman–Crippen LogP) is 2.00. The summed E-state index contributed by atoms with van der Waals surface area (Å²) in [6.07, 6.45) is 0. The molecule has 0 unspecified atom stereocenters. The lowest BCUT2D eigenvalue weighted by Gasteiger charge is -2.22. The van der Waals surface area contributed by atoms with Crippen molar-refractivity contribution in [2.24, 2.45) is 5.73 Å². The van der Waals surface area contributed by atoms with Gasteiger partial charge in [-0.05, 0) is 23.8 Å². The molecule has 0 aromatic heterocycles. The molecule has 4 N–H and O–H groups in total. The van der Waals surface area contributed by atoms with E-state index in [9.17, 15) is 4.79 Å². The first-order chi connectivity index (χ1) is 9.09. The molecule has 19 heavy (non-hydrogen) atoms. The first-order valence-electron chi connectivity index (χ1n) is 6.03. The molecule has 0 heterocycles. The van der Waals surface area contributed by atoms with Crippen molar-refractivity contribution >= 4 is 17.3 Å². The fraction of sp³-hybridized carbons (Fsp3) is 0.133. The molecule has 1 amide bonds. The molecule has 0 aliphatic carbocycles. The lowest BCUT2D eigenvalue weighted by atomic mass is 10.1. The molecule has 4 nitrogen and oxygen atoms in total. The number of carbonyl (C=O) groups excluding carboxylic acids is 1. The Labute approximate surface area is 112 Å². The zero-order valence-electron chi connectivity index (χ0n) is 10.8. The SMILES string of the molecule is CN(Cc1ccccc1C(N)=O)c1ccccc1N. The molecule has 0 saturated heterocycles. The monoisotopic (exact) mass is 255 g/mol. The number of hydrogen-bond acceptors (Lipinski definition) is 3. The normalized spacial score (nSPS) is 10.2. The van der Waals surface area contributed by atoms with E-state index in [1.807, 2.05) is 48.3 Å². The summed E-state index contributed by atoms with van der Waals surface area (Å²) in [6.45, 7) is 0.577. The molecule has 2 rings (SSSR count). The number of nitrogens with two attached hydrogens (primary N) is 2. The Morgan fingerprint density at radius 3 is 2.42 bits per heavy atom. The number of hydrogen-bond donors (Lipinski definition) is 2. The summed E-state index contributed by atoms with van der Waals surface area (Å²) in [5.74, 6) is -0.412. The van der Waals surface area contributed by atoms with Crippen molar-refractivity contribution in [3.63, 3.8) is 0 Å². The molecule has 0 aliphatic heterocycles. The van der Waals surface area contributed by atoms with Gasteiger partial charge in [0.15, 0.2) is 0 Å². The van der Waals surface area contributed by atoms with Crippen LogP contribution >= 0.6 is 0 Å². The number of rotatable bonds is 4. The lowest BCUT2D eigenvalue weighted by Crippen LogP contribution is -2.21. The van der Waals surface area contributed by atoms with Crippen LogP contribution in [0.3, 0.4) is 0 Å². The summed E-state index contributed by atoms with van der Waals surface area (Å²) in [7, 11) is 1.93. The van der Waals surface area contributed by atoms with Crippen LogP contribution in [0.2, 0.25) is 0 Å². The summed E-state index contributed by atoms with van der Waals surface area (Å²) in [4.78, 5) is 13.4. The van der Waals surface area contributed by atoms with Crippen LogP contribution in [0.4, 0.5) is 11.4 Å². The summed E-state index contributed by atoms with van der Waals surface area (Å²) in [5.41, 5.74) is 14.4. The van der Waals surface area contributed by atoms with Crippen LogP contribution in [0.15, 0.2) is 48.5 Å². The van der Waals surface area contributed by atoms with Gasteiger partial charge in [-0.1, -0.05) is 30.3 Å². The zero-order chi connectivity index (χ0) is 13.8. The second kappa shape index (κ2) is 5.44. The van der Waals surface area contributed by atoms with Gasteiger partial charge in [0, 0.05) is 19.2 Å². The van der Waals surface area contributed by atoms with Crippen LogP contribution in [-0.4, -0.2) is 13.0 Å². The molecule has 0 radical (unpaired) electrons. The average molecular weight is 255 g/mol. The minimum absolute atomic E-state index is 0.412. The van der Waals surface area contributed by atoms with Gasteiger partial charge in [0.25, 0.3) is 0 Å². The van der Waals surface area contributed by atoms with E-state index < -0.39 is 5.91 Å². The topological polar surface area (TPSA) is 72.3 Å². The maximum Gasteiger partial charge on any atom is 0.249 e. The number of benzene rings is 2. The number of nitrogens with zero attached hydrogens (tertiary/aromatic N) is 1. The summed E-state index contributed by atoms with van der Waals surface area (Å²) in [6, 6.07) is 15.0. The Morgan fingerprint density at radius 2 is 1.74 bits per heavy atom. The molecule has 2 aromatic rings. The second-order valence-electron chi connectivity index (χ2n) is 4.44. The first kappa shape index (κ1) is 13.0. The van der Waals surface area contributed by atoms with E-state index in [2.05, 4.69) is 0 Å². The highest BCUT2D eigenvalue weighted by Crippen LogP contribution is 2.23. The average Bonchev–Trinajstić information content (AvgIpc) is 2.39. The first-order valence-corrected chi connectivity index (χ1v) is 6.03. The molecule has 0 fully saturated rings. The van der Waals surface area contributed by atoms with Crippen molar-refractivity contribution < 1.29 is 4.79 Å². The van der Waals surface area contributed by atoms with Gasteiger partial charge < -0.3 is 16.4 Å². The number of para-hydroxylation sites is 2. The Kier molecular flexibility index (Phi) is 3.71. The van der Waals surface area contributed by atoms with Gasteiger partial charge in [-0.25, -0.2) is 0 Å². The Hall–Kier alpha value is -2.49. The van der Waals surface area contributed by atoms with Gasteiger partial charge in [-0.2, -0.15) is 0 Å². The van der Waals surface area contributed by atoms with E-state index in [0.29, 0.717) is 17.8 Å². The van der Waals surface area contributed by atoms with E-state index in [1.165, 1.54) is 0 Å². The van der Waals surface area contributed by atoms with Gasteiger partial charge in [0.1, 0.15) is 0 Å². The predicted molar refractivity (Wildman–Crippen MR) is 77.9 cm³/mol. The third kappa shape index (κ3) is 2.85. The molecular weight excluding hydrogens is 238 g/mol. The smallest absolute Gasteiger partial charge is 0.249 e. The molecule has 0 atom stereocenters. The largest absolute Gasteiger partial charge is 0.397 e. The number of carbonyl (C=O) groups is 1. The number of amides is 1. The fourth-order valence-electron chi connectivity index (χ4n) is 2.07. The van der Waals surface area contributed by atoms with E-state index in [0.717, 1.165) is 11.3 Å². The molecular formula is C15H17N3O. The Morgan fingerprint density at radius 1 is 1.11 bits per heavy atom. The standard InChI is InChI=1S/C15H17N3O/c1-18(14-9-5-4-8-13(14)16)10-11-6-2-3-7-12(11)15(17)19/h2-9H,10,16H2,1H3,(H2,17,19). The van der Waals surface area contributed by atoms with Gasteiger partial charge in [0.2, 0.25) is 5.91 Å². The van der Waals surface area contributed by atoms with Gasteiger partial charge in [0.05, 0.1) is 11.4 Å². The van der Waals surface area contributed by atoms with E-state index in [-0.39, 0.29) is 0 Å². The quantitative estimate of drug-likeness (QED) is 0.821. The van der Waals surface area contributed by atoms with E-state index >= 15 is 0 Å². The third-order valence-corrected chi connectivity index (χ3v) is 3.04. The van der Waals surface area contributed by atoms with Crippen molar-refractivity contribution in [2.45, 2.75) is 6.54 Å². The van der Waals surface area contributed by atoms with Crippen LogP contribution in [-0.2, 0) is 6.54 Å². The van der Waals surface area contributed by atoms with Crippen LogP contribution in [0, 0.1) is 0 Å². The van der Waals surface area contributed by atoms with Gasteiger partial charge in [-0.15, -0.1) is 0 Å². The van der Waals surface area contributed by atoms with Crippen molar-refractivity contribution in [3.05, 3.63) is 59.7 Å². The summed E-state index contributed by atoms with van der Waals surface area (Å²) < 4.78 is 0. The number of anilines is 2. The summed E-state index contributed by atoms with van der Waals surface area (Å²) >= 11 is 0. The lowest BCUT2D eigenvalue weighted by molar-refractivity contribution is 0.0999. The molecule has 98 valence electrons. The van der Waals surface area contributed by atoms with Crippen LogP contribution in [0.25, 0.3) is 0 Å². The van der Waals surface area contributed by atoms with Crippen molar-refractivity contribution in [2.75, 3.05) is 17.7 Å². The van der Waals surface area contributed by atoms with Crippen molar-refractivity contribution in [3.8, 4) is 0 Å². The molecule has 4 heteroatoms. The van der Waals surface area contributed by atoms with Crippen LogP contribution < -0.4 is 16.4 Å². The maximum atomic E-state index is 11.4. The minimum Gasteiger partial charge on any atom is -0.397 e. The highest BCUT2D eigenvalue weighted by atomic mass is 16.1. The minimum atomic E-state index is -0.412. The van der Waals surface area contributed by atoms with Crippen LogP contribution in [0.5, 0.6) is 0 Å². The van der Waals surface area contributed by atoms with Crippen LogP contribution in [0.1, 0.15) is 15.9 Å². The maximum absolute atomic E-state index is 11.4. The second-order valence-corrected chi connectivity index (χ2v) is 4.44. The highest BCUT2D eigenvalue weighted by Gasteiger charge is 2.11. The van der Waals surface area contributed by atoms with E-state index in [4.69, 9.17) is 11.5 Å².